The Morgan fingerprint density at radius 3 is 2.37 bits per heavy atom. The van der Waals surface area contributed by atoms with E-state index in [2.05, 4.69) is 12.2 Å². The molecule has 1 amide bonds. The Bertz CT molecular complexity index is 967. The number of benzene rings is 2. The lowest BCUT2D eigenvalue weighted by Gasteiger charge is -2.16. The summed E-state index contributed by atoms with van der Waals surface area (Å²) < 4.78 is 32.0. The standard InChI is InChI=1S/C23H32N2O4S/c1-6-7-14-29-21-10-8-19(9-11-21)12-13-24-23(26)20-15-17(2)18(3)22(16-20)30(27,28)25(4)5/h8-11,15-16H,6-7,12-14H2,1-5H3,(H,24,26). The molecule has 2 aromatic carbocycles. The van der Waals surface area contributed by atoms with Crippen molar-refractivity contribution in [2.24, 2.45) is 0 Å². The summed E-state index contributed by atoms with van der Waals surface area (Å²) >= 11 is 0. The number of rotatable bonds is 10. The molecule has 0 aromatic heterocycles. The predicted octanol–water partition coefficient (Wildman–Crippen LogP) is 3.71. The van der Waals surface area contributed by atoms with E-state index < -0.39 is 10.0 Å². The molecule has 7 heteroatoms. The smallest absolute Gasteiger partial charge is 0.251 e. The zero-order valence-corrected chi connectivity index (χ0v) is 19.3. The fraction of sp³-hybridized carbons (Fsp3) is 0.435. The van der Waals surface area contributed by atoms with Crippen molar-refractivity contribution in [1.82, 2.24) is 9.62 Å². The van der Waals surface area contributed by atoms with Gasteiger partial charge in [0, 0.05) is 26.2 Å². The summed E-state index contributed by atoms with van der Waals surface area (Å²) in [7, 11) is -0.655. The maximum Gasteiger partial charge on any atom is 0.251 e. The Morgan fingerprint density at radius 2 is 1.77 bits per heavy atom. The Labute approximate surface area is 180 Å². The van der Waals surface area contributed by atoms with Gasteiger partial charge in [-0.05, 0) is 67.6 Å². The molecular weight excluding hydrogens is 400 g/mol. The number of carbonyl (C=O) groups is 1. The van der Waals surface area contributed by atoms with Crippen molar-refractivity contribution in [3.05, 3.63) is 58.7 Å². The van der Waals surface area contributed by atoms with Crippen LogP contribution in [0, 0.1) is 13.8 Å². The molecule has 2 aromatic rings. The summed E-state index contributed by atoms with van der Waals surface area (Å²) in [5.74, 6) is 0.564. The van der Waals surface area contributed by atoms with E-state index >= 15 is 0 Å². The minimum atomic E-state index is -3.62. The first-order valence-electron chi connectivity index (χ1n) is 10.2. The normalized spacial score (nSPS) is 11.5. The van der Waals surface area contributed by atoms with Crippen LogP contribution >= 0.6 is 0 Å². The van der Waals surface area contributed by atoms with Gasteiger partial charge in [0.05, 0.1) is 11.5 Å². The van der Waals surface area contributed by atoms with E-state index in [4.69, 9.17) is 4.74 Å². The summed E-state index contributed by atoms with van der Waals surface area (Å²) in [5.41, 5.74) is 2.86. The van der Waals surface area contributed by atoms with Crippen molar-refractivity contribution in [1.29, 1.82) is 0 Å². The summed E-state index contributed by atoms with van der Waals surface area (Å²) in [6.07, 6.45) is 2.80. The van der Waals surface area contributed by atoms with E-state index in [1.54, 1.807) is 13.0 Å². The van der Waals surface area contributed by atoms with Crippen LogP contribution in [0.25, 0.3) is 0 Å². The van der Waals surface area contributed by atoms with Gasteiger partial charge in [-0.1, -0.05) is 25.5 Å². The van der Waals surface area contributed by atoms with Crippen LogP contribution in [0.15, 0.2) is 41.3 Å². The highest BCUT2D eigenvalue weighted by molar-refractivity contribution is 7.89. The monoisotopic (exact) mass is 432 g/mol. The van der Waals surface area contributed by atoms with E-state index in [1.165, 1.54) is 20.2 Å². The summed E-state index contributed by atoms with van der Waals surface area (Å²) in [6.45, 7) is 6.86. The number of nitrogens with zero attached hydrogens (tertiary/aromatic N) is 1. The van der Waals surface area contributed by atoms with Crippen LogP contribution in [0.1, 0.15) is 46.8 Å². The predicted molar refractivity (Wildman–Crippen MR) is 120 cm³/mol. The fourth-order valence-electron chi connectivity index (χ4n) is 2.93. The molecule has 0 saturated carbocycles. The molecule has 0 fully saturated rings. The van der Waals surface area contributed by atoms with Gasteiger partial charge in [-0.3, -0.25) is 4.79 Å². The van der Waals surface area contributed by atoms with Crippen LogP contribution in [0.5, 0.6) is 5.75 Å². The van der Waals surface area contributed by atoms with Gasteiger partial charge in [-0.25, -0.2) is 12.7 Å². The number of unbranched alkanes of at least 4 members (excludes halogenated alkanes) is 1. The third-order valence-corrected chi connectivity index (χ3v) is 6.97. The van der Waals surface area contributed by atoms with Gasteiger partial charge in [-0.15, -0.1) is 0 Å². The molecule has 1 N–H and O–H groups in total. The first kappa shape index (κ1) is 23.9. The molecule has 6 nitrogen and oxygen atoms in total. The van der Waals surface area contributed by atoms with E-state index in [-0.39, 0.29) is 10.8 Å². The minimum absolute atomic E-state index is 0.163. The molecule has 164 valence electrons. The number of carbonyl (C=O) groups excluding carboxylic acids is 1. The Hall–Kier alpha value is -2.38. The van der Waals surface area contributed by atoms with Crippen LogP contribution in [-0.4, -0.2) is 45.9 Å². The number of sulfonamides is 1. The van der Waals surface area contributed by atoms with Gasteiger partial charge in [0.1, 0.15) is 5.75 Å². The lowest BCUT2D eigenvalue weighted by molar-refractivity contribution is 0.0954. The molecule has 0 unspecified atom stereocenters. The summed E-state index contributed by atoms with van der Waals surface area (Å²) in [4.78, 5) is 12.8. The minimum Gasteiger partial charge on any atom is -0.494 e. The Morgan fingerprint density at radius 1 is 1.10 bits per heavy atom. The second-order valence-corrected chi connectivity index (χ2v) is 9.68. The number of ether oxygens (including phenoxy) is 1. The zero-order chi connectivity index (χ0) is 22.3. The van der Waals surface area contributed by atoms with Crippen LogP contribution in [0.3, 0.4) is 0 Å². The first-order valence-corrected chi connectivity index (χ1v) is 11.6. The highest BCUT2D eigenvalue weighted by Gasteiger charge is 2.22. The van der Waals surface area contributed by atoms with Crippen molar-refractivity contribution in [2.45, 2.75) is 44.9 Å². The number of amides is 1. The quantitative estimate of drug-likeness (QED) is 0.581. The van der Waals surface area contributed by atoms with E-state index in [1.807, 2.05) is 31.2 Å². The lowest BCUT2D eigenvalue weighted by Crippen LogP contribution is -2.27. The molecular formula is C23H32N2O4S. The lowest BCUT2D eigenvalue weighted by atomic mass is 10.1. The van der Waals surface area contributed by atoms with Crippen molar-refractivity contribution in [3.8, 4) is 5.75 Å². The van der Waals surface area contributed by atoms with Gasteiger partial charge in [0.25, 0.3) is 5.91 Å². The molecule has 0 heterocycles. The molecule has 0 aliphatic heterocycles. The van der Waals surface area contributed by atoms with Crippen LogP contribution in [0.4, 0.5) is 0 Å². The Kier molecular flexibility index (Phi) is 8.43. The van der Waals surface area contributed by atoms with Gasteiger partial charge < -0.3 is 10.1 Å². The third kappa shape index (κ3) is 6.06. The largest absolute Gasteiger partial charge is 0.494 e. The molecule has 0 bridgehead atoms. The highest BCUT2D eigenvalue weighted by Crippen LogP contribution is 2.23. The van der Waals surface area contributed by atoms with Crippen molar-refractivity contribution >= 4 is 15.9 Å². The number of nitrogens with one attached hydrogen (secondary N) is 1. The molecule has 0 radical (unpaired) electrons. The molecule has 0 aliphatic carbocycles. The summed E-state index contributed by atoms with van der Waals surface area (Å²) in [5, 5.41) is 2.88. The first-order chi connectivity index (χ1) is 14.2. The highest BCUT2D eigenvalue weighted by atomic mass is 32.2. The Balaban J connectivity index is 2.01. The fourth-order valence-corrected chi connectivity index (χ4v) is 4.15. The third-order valence-electron chi connectivity index (χ3n) is 5.03. The van der Waals surface area contributed by atoms with Crippen LogP contribution in [0.2, 0.25) is 0 Å². The number of aryl methyl sites for hydroxylation is 1. The van der Waals surface area contributed by atoms with Gasteiger partial charge in [0.2, 0.25) is 10.0 Å². The average Bonchev–Trinajstić information content (AvgIpc) is 2.70. The molecule has 2 rings (SSSR count). The van der Waals surface area contributed by atoms with E-state index in [9.17, 15) is 13.2 Å². The van der Waals surface area contributed by atoms with Crippen LogP contribution < -0.4 is 10.1 Å². The van der Waals surface area contributed by atoms with Crippen molar-refractivity contribution in [2.75, 3.05) is 27.2 Å². The van der Waals surface area contributed by atoms with Gasteiger partial charge in [0.15, 0.2) is 0 Å². The summed E-state index contributed by atoms with van der Waals surface area (Å²) in [6, 6.07) is 11.0. The van der Waals surface area contributed by atoms with Crippen molar-refractivity contribution < 1.29 is 17.9 Å². The van der Waals surface area contributed by atoms with Gasteiger partial charge >= 0.3 is 0 Å². The maximum atomic E-state index is 12.6. The van der Waals surface area contributed by atoms with E-state index in [0.29, 0.717) is 30.7 Å². The zero-order valence-electron chi connectivity index (χ0n) is 18.5. The molecule has 30 heavy (non-hydrogen) atoms. The molecule has 0 spiro atoms. The molecule has 0 atom stereocenters. The van der Waals surface area contributed by atoms with Crippen LogP contribution in [-0.2, 0) is 16.4 Å². The topological polar surface area (TPSA) is 75.7 Å². The van der Waals surface area contributed by atoms with Gasteiger partial charge in [-0.2, -0.15) is 0 Å². The van der Waals surface area contributed by atoms with Crippen molar-refractivity contribution in [3.63, 3.8) is 0 Å². The molecule has 0 saturated heterocycles. The van der Waals surface area contributed by atoms with E-state index in [0.717, 1.165) is 34.0 Å². The number of hydrogen-bond donors (Lipinski definition) is 1. The number of hydrogen-bond acceptors (Lipinski definition) is 4. The second-order valence-electron chi connectivity index (χ2n) is 7.56. The average molecular weight is 433 g/mol. The molecule has 0 aliphatic rings. The second kappa shape index (κ2) is 10.6. The maximum absolute atomic E-state index is 12.6. The SMILES string of the molecule is CCCCOc1ccc(CCNC(=O)c2cc(C)c(C)c(S(=O)(=O)N(C)C)c2)cc1.